The van der Waals surface area contributed by atoms with Crippen LogP contribution < -0.4 is 9.80 Å². The Hall–Kier alpha value is -3.68. The first kappa shape index (κ1) is 17.2. The zero-order valence-corrected chi connectivity index (χ0v) is 15.7. The Kier molecular flexibility index (Phi) is 3.39. The van der Waals surface area contributed by atoms with Crippen LogP contribution in [0.1, 0.15) is 0 Å². The number of carbonyl (C=O) groups is 4. The molecule has 5 aliphatic rings. The van der Waals surface area contributed by atoms with Crippen LogP contribution in [-0.4, -0.2) is 33.6 Å². The number of hydrogen-bond acceptors (Lipinski definition) is 6. The van der Waals surface area contributed by atoms with Crippen LogP contribution in [0.25, 0.3) is 0 Å². The summed E-state index contributed by atoms with van der Waals surface area (Å²) in [7, 11) is 0. The number of anilines is 2. The first-order valence-corrected chi connectivity index (χ1v) is 9.83. The minimum Gasteiger partial charge on any atom is -0.274 e. The number of hydrogen-bond donors (Lipinski definition) is 0. The predicted molar refractivity (Wildman–Crippen MR) is 104 cm³/mol. The Morgan fingerprint density at radius 3 is 1.13 bits per heavy atom. The van der Waals surface area contributed by atoms with Crippen molar-refractivity contribution in [1.29, 1.82) is 0 Å². The zero-order valence-electron chi connectivity index (χ0n) is 15.7. The van der Waals surface area contributed by atoms with Gasteiger partial charge < -0.3 is 0 Å². The minimum absolute atomic E-state index is 0.309. The van der Waals surface area contributed by atoms with Crippen LogP contribution in [0.15, 0.2) is 61.2 Å². The number of carbonyl (C=O) groups excluding carboxylic acids is 4. The highest BCUT2D eigenvalue weighted by Gasteiger charge is 2.68. The van der Waals surface area contributed by atoms with Gasteiger partial charge in [0.25, 0.3) is 0 Å². The van der Waals surface area contributed by atoms with Crippen LogP contribution in [0.4, 0.5) is 11.4 Å². The van der Waals surface area contributed by atoms with Crippen molar-refractivity contribution in [3.05, 3.63) is 61.2 Å². The van der Waals surface area contributed by atoms with Crippen molar-refractivity contribution in [2.24, 2.45) is 35.5 Å². The van der Waals surface area contributed by atoms with Gasteiger partial charge >= 0.3 is 0 Å². The number of pyridine rings is 2. The van der Waals surface area contributed by atoms with Gasteiger partial charge in [-0.05, 0) is 24.3 Å². The predicted octanol–water partition coefficient (Wildman–Crippen LogP) is 1.20. The quantitative estimate of drug-likeness (QED) is 0.555. The van der Waals surface area contributed by atoms with Gasteiger partial charge in [-0.2, -0.15) is 0 Å². The fourth-order valence-electron chi connectivity index (χ4n) is 5.72. The van der Waals surface area contributed by atoms with E-state index in [0.29, 0.717) is 11.4 Å². The van der Waals surface area contributed by atoms with Crippen molar-refractivity contribution in [1.82, 2.24) is 9.97 Å². The van der Waals surface area contributed by atoms with Crippen LogP contribution >= 0.6 is 0 Å². The van der Waals surface area contributed by atoms with Gasteiger partial charge in [0, 0.05) is 36.6 Å². The van der Waals surface area contributed by atoms with Crippen LogP contribution in [0.5, 0.6) is 0 Å². The number of amides is 4. The monoisotopic (exact) mass is 400 g/mol. The molecule has 4 amide bonds. The largest absolute Gasteiger partial charge is 0.274 e. The number of aromatic nitrogens is 2. The molecule has 4 heterocycles. The first-order chi connectivity index (χ1) is 14.6. The van der Waals surface area contributed by atoms with Gasteiger partial charge in [-0.1, -0.05) is 12.2 Å². The number of allylic oxidation sites excluding steroid dienone is 2. The lowest BCUT2D eigenvalue weighted by molar-refractivity contribution is -0.137. The van der Waals surface area contributed by atoms with Crippen molar-refractivity contribution in [3.8, 4) is 0 Å². The lowest BCUT2D eigenvalue weighted by atomic mass is 9.54. The third kappa shape index (κ3) is 2.00. The Morgan fingerprint density at radius 1 is 0.533 bits per heavy atom. The van der Waals surface area contributed by atoms with Crippen LogP contribution in [0.3, 0.4) is 0 Å². The van der Waals surface area contributed by atoms with E-state index in [1.165, 1.54) is 34.6 Å². The molecule has 7 rings (SSSR count). The van der Waals surface area contributed by atoms with E-state index in [0.717, 1.165) is 0 Å². The van der Waals surface area contributed by atoms with Gasteiger partial charge in [-0.3, -0.25) is 29.1 Å². The molecule has 3 aliphatic carbocycles. The summed E-state index contributed by atoms with van der Waals surface area (Å²) >= 11 is 0. The molecule has 2 saturated heterocycles. The molecular formula is C22H16N4O4. The summed E-state index contributed by atoms with van der Waals surface area (Å²) in [4.78, 5) is 63.5. The maximum Gasteiger partial charge on any atom is 0.238 e. The molecule has 1 saturated carbocycles. The van der Waals surface area contributed by atoms with E-state index in [-0.39, 0.29) is 23.6 Å². The Labute approximate surface area is 171 Å². The average Bonchev–Trinajstić information content (AvgIpc) is 3.22. The molecule has 8 nitrogen and oxygen atoms in total. The normalized spacial score (nSPS) is 34.0. The van der Waals surface area contributed by atoms with Gasteiger partial charge in [0.15, 0.2) is 0 Å². The molecule has 148 valence electrons. The highest BCUT2D eigenvalue weighted by molar-refractivity contribution is 6.26. The third-order valence-corrected chi connectivity index (χ3v) is 6.85. The van der Waals surface area contributed by atoms with Crippen molar-refractivity contribution in [2.75, 3.05) is 9.80 Å². The van der Waals surface area contributed by atoms with E-state index in [9.17, 15) is 19.2 Å². The Bertz CT molecular complexity index is 999. The molecule has 2 aromatic rings. The van der Waals surface area contributed by atoms with E-state index < -0.39 is 35.5 Å². The molecule has 0 unspecified atom stereocenters. The lowest BCUT2D eigenvalue weighted by Crippen LogP contribution is -2.50. The summed E-state index contributed by atoms with van der Waals surface area (Å²) in [6.07, 6.45) is 9.82. The molecular weight excluding hydrogens is 384 g/mol. The second-order valence-electron chi connectivity index (χ2n) is 8.08. The molecule has 2 bridgehead atoms. The molecule has 0 spiro atoms. The van der Waals surface area contributed by atoms with Gasteiger partial charge in [0.2, 0.25) is 23.6 Å². The maximum atomic E-state index is 13.3. The Balaban J connectivity index is 1.42. The standard InChI is InChI=1S/C22H16N4O4/c27-19-15-13-1-2-14(17(15)21(29)25(19)11-3-7-23-8-4-11)18-16(13)20(28)26(22(18)30)12-5-9-24-10-6-12/h1-10,13-18H/t13?,14?,15-,16-,17+,18+. The fourth-order valence-corrected chi connectivity index (χ4v) is 5.72. The second kappa shape index (κ2) is 5.91. The summed E-state index contributed by atoms with van der Waals surface area (Å²) in [6.45, 7) is 0. The zero-order chi connectivity index (χ0) is 20.6. The molecule has 2 aromatic heterocycles. The smallest absolute Gasteiger partial charge is 0.238 e. The van der Waals surface area contributed by atoms with Gasteiger partial charge in [0.05, 0.1) is 35.0 Å². The van der Waals surface area contributed by atoms with Crippen molar-refractivity contribution in [3.63, 3.8) is 0 Å². The maximum absolute atomic E-state index is 13.3. The van der Waals surface area contributed by atoms with E-state index in [4.69, 9.17) is 0 Å². The Morgan fingerprint density at radius 2 is 0.833 bits per heavy atom. The molecule has 0 radical (unpaired) electrons. The SMILES string of the molecule is O=C1[C@@H]2C3C=CC([C@@H]2C(=O)N1c1ccncc1)[C@@H]1C(=O)N(c2ccncc2)C(=O)[C@H]31. The second-order valence-corrected chi connectivity index (χ2v) is 8.08. The number of imide groups is 2. The van der Waals surface area contributed by atoms with E-state index in [1.54, 1.807) is 24.3 Å². The van der Waals surface area contributed by atoms with E-state index in [2.05, 4.69) is 9.97 Å². The number of nitrogens with zero attached hydrogens (tertiary/aromatic N) is 4. The van der Waals surface area contributed by atoms with Gasteiger partial charge in [-0.15, -0.1) is 0 Å². The summed E-state index contributed by atoms with van der Waals surface area (Å²) in [5, 5.41) is 0. The van der Waals surface area contributed by atoms with E-state index in [1.807, 2.05) is 12.2 Å². The first-order valence-electron chi connectivity index (χ1n) is 9.83. The molecule has 0 aromatic carbocycles. The van der Waals surface area contributed by atoms with E-state index >= 15 is 0 Å². The number of rotatable bonds is 2. The summed E-state index contributed by atoms with van der Waals surface area (Å²) in [6, 6.07) is 6.46. The highest BCUT2D eigenvalue weighted by atomic mass is 16.2. The average molecular weight is 400 g/mol. The highest BCUT2D eigenvalue weighted by Crippen LogP contribution is 2.58. The van der Waals surface area contributed by atoms with Crippen molar-refractivity contribution < 1.29 is 19.2 Å². The molecule has 0 N–H and O–H groups in total. The van der Waals surface area contributed by atoms with Crippen molar-refractivity contribution >= 4 is 35.0 Å². The van der Waals surface area contributed by atoms with Gasteiger partial charge in [0.1, 0.15) is 0 Å². The minimum atomic E-state index is -0.629. The molecule has 4 atom stereocenters. The molecule has 3 fully saturated rings. The fraction of sp³-hybridized carbons (Fsp3) is 0.273. The molecule has 8 heteroatoms. The summed E-state index contributed by atoms with van der Waals surface area (Å²) in [5.74, 6) is -4.70. The topological polar surface area (TPSA) is 101 Å². The summed E-state index contributed by atoms with van der Waals surface area (Å²) in [5.41, 5.74) is 0.935. The van der Waals surface area contributed by atoms with Crippen LogP contribution in [0, 0.1) is 35.5 Å². The summed E-state index contributed by atoms with van der Waals surface area (Å²) < 4.78 is 0. The lowest BCUT2D eigenvalue weighted by Gasteiger charge is -2.44. The van der Waals surface area contributed by atoms with Crippen LogP contribution in [-0.2, 0) is 19.2 Å². The molecule has 2 aliphatic heterocycles. The van der Waals surface area contributed by atoms with Crippen molar-refractivity contribution in [2.45, 2.75) is 0 Å². The van der Waals surface area contributed by atoms with Crippen LogP contribution in [0.2, 0.25) is 0 Å². The van der Waals surface area contributed by atoms with Gasteiger partial charge in [-0.25, -0.2) is 9.80 Å². The molecule has 30 heavy (non-hydrogen) atoms. The third-order valence-electron chi connectivity index (χ3n) is 6.85.